The second kappa shape index (κ2) is 8.25. The van der Waals surface area contributed by atoms with Crippen molar-refractivity contribution < 1.29 is 14.3 Å². The predicted octanol–water partition coefficient (Wildman–Crippen LogP) is 1.42. The molecule has 0 aromatic carbocycles. The van der Waals surface area contributed by atoms with Gasteiger partial charge in [0.25, 0.3) is 0 Å². The molecule has 1 rings (SSSR count). The first kappa shape index (κ1) is 17.0. The first-order valence-corrected chi connectivity index (χ1v) is 7.56. The Morgan fingerprint density at radius 3 is 2.20 bits per heavy atom. The lowest BCUT2D eigenvalue weighted by atomic mass is 10.0. The van der Waals surface area contributed by atoms with Crippen LogP contribution in [-0.4, -0.2) is 49.1 Å². The Balaban J connectivity index is 2.62. The summed E-state index contributed by atoms with van der Waals surface area (Å²) in [7, 11) is 0. The molecule has 1 aliphatic rings. The van der Waals surface area contributed by atoms with Gasteiger partial charge in [0, 0.05) is 19.5 Å². The summed E-state index contributed by atoms with van der Waals surface area (Å²) >= 11 is 0. The van der Waals surface area contributed by atoms with Gasteiger partial charge in [0.05, 0.1) is 13.2 Å². The highest BCUT2D eigenvalue weighted by Crippen LogP contribution is 2.10. The van der Waals surface area contributed by atoms with Crippen LogP contribution in [0, 0.1) is 11.8 Å². The molecule has 2 amide bonds. The normalized spacial score (nSPS) is 17.4. The molecule has 1 saturated heterocycles. The fourth-order valence-electron chi connectivity index (χ4n) is 2.32. The fraction of sp³-hybridized carbons (Fsp3) is 0.867. The van der Waals surface area contributed by atoms with Gasteiger partial charge in [0.15, 0.2) is 0 Å². The highest BCUT2D eigenvalue weighted by Gasteiger charge is 2.27. The number of ether oxygens (including phenoxy) is 1. The van der Waals surface area contributed by atoms with Gasteiger partial charge in [-0.05, 0) is 18.3 Å². The van der Waals surface area contributed by atoms with E-state index in [9.17, 15) is 9.59 Å². The second-order valence-electron chi connectivity index (χ2n) is 6.29. The molecule has 0 aromatic rings. The van der Waals surface area contributed by atoms with Gasteiger partial charge in [0.1, 0.15) is 6.04 Å². The summed E-state index contributed by atoms with van der Waals surface area (Å²) in [5.41, 5.74) is 0. The first-order valence-electron chi connectivity index (χ1n) is 7.56. The lowest BCUT2D eigenvalue weighted by Crippen LogP contribution is -2.52. The van der Waals surface area contributed by atoms with Crippen LogP contribution in [0.1, 0.15) is 40.5 Å². The number of hydrogen-bond acceptors (Lipinski definition) is 3. The van der Waals surface area contributed by atoms with Crippen molar-refractivity contribution in [2.24, 2.45) is 11.8 Å². The molecule has 1 N–H and O–H groups in total. The number of rotatable bonds is 6. The monoisotopic (exact) mass is 284 g/mol. The van der Waals surface area contributed by atoms with Gasteiger partial charge in [-0.2, -0.15) is 0 Å². The molecule has 0 aliphatic carbocycles. The van der Waals surface area contributed by atoms with E-state index in [0.29, 0.717) is 51.0 Å². The first-order chi connectivity index (χ1) is 9.40. The van der Waals surface area contributed by atoms with Gasteiger partial charge >= 0.3 is 0 Å². The van der Waals surface area contributed by atoms with Crippen molar-refractivity contribution in [2.45, 2.75) is 46.6 Å². The number of carbonyl (C=O) groups excluding carboxylic acids is 2. The molecule has 0 aromatic heterocycles. The topological polar surface area (TPSA) is 58.6 Å². The third-order valence-corrected chi connectivity index (χ3v) is 3.26. The van der Waals surface area contributed by atoms with E-state index >= 15 is 0 Å². The van der Waals surface area contributed by atoms with Crippen molar-refractivity contribution in [3.8, 4) is 0 Å². The summed E-state index contributed by atoms with van der Waals surface area (Å²) in [5.74, 6) is 0.656. The van der Waals surface area contributed by atoms with Crippen LogP contribution in [-0.2, 0) is 14.3 Å². The van der Waals surface area contributed by atoms with Crippen molar-refractivity contribution >= 4 is 11.8 Å². The van der Waals surface area contributed by atoms with Gasteiger partial charge in [-0.25, -0.2) is 0 Å². The average Bonchev–Trinajstić information content (AvgIpc) is 2.36. The minimum Gasteiger partial charge on any atom is -0.378 e. The Kier molecular flexibility index (Phi) is 6.99. The van der Waals surface area contributed by atoms with Gasteiger partial charge < -0.3 is 15.0 Å². The quantitative estimate of drug-likeness (QED) is 0.802. The van der Waals surface area contributed by atoms with Crippen LogP contribution in [0.5, 0.6) is 0 Å². The number of amides is 2. The zero-order chi connectivity index (χ0) is 15.1. The SMILES string of the molecule is CC(C)CC(=O)N[C@@H](CC(C)C)C(=O)N1CCOCC1. The van der Waals surface area contributed by atoms with E-state index in [-0.39, 0.29) is 11.8 Å². The second-order valence-corrected chi connectivity index (χ2v) is 6.29. The van der Waals surface area contributed by atoms with Gasteiger partial charge in [-0.15, -0.1) is 0 Å². The molecule has 5 nitrogen and oxygen atoms in total. The number of carbonyl (C=O) groups is 2. The molecule has 0 saturated carbocycles. The maximum atomic E-state index is 12.5. The maximum Gasteiger partial charge on any atom is 0.245 e. The van der Waals surface area contributed by atoms with Crippen molar-refractivity contribution in [3.63, 3.8) is 0 Å². The van der Waals surface area contributed by atoms with E-state index < -0.39 is 6.04 Å². The Hall–Kier alpha value is -1.10. The van der Waals surface area contributed by atoms with E-state index in [4.69, 9.17) is 4.74 Å². The minimum atomic E-state index is -0.403. The minimum absolute atomic E-state index is 0.0270. The number of nitrogens with one attached hydrogen (secondary N) is 1. The van der Waals surface area contributed by atoms with Crippen molar-refractivity contribution in [2.75, 3.05) is 26.3 Å². The molecule has 1 fully saturated rings. The molecule has 1 aliphatic heterocycles. The largest absolute Gasteiger partial charge is 0.378 e. The van der Waals surface area contributed by atoms with Crippen LogP contribution in [0.2, 0.25) is 0 Å². The molecular weight excluding hydrogens is 256 g/mol. The van der Waals surface area contributed by atoms with E-state index in [1.807, 2.05) is 13.8 Å². The Bertz CT molecular complexity index is 323. The standard InChI is InChI=1S/C15H28N2O3/c1-11(2)9-13(16-14(18)10-12(3)4)15(19)17-5-7-20-8-6-17/h11-13H,5-10H2,1-4H3,(H,16,18)/t13-/m0/s1. The molecule has 0 bridgehead atoms. The van der Waals surface area contributed by atoms with Crippen molar-refractivity contribution in [1.82, 2.24) is 10.2 Å². The van der Waals surface area contributed by atoms with E-state index in [1.54, 1.807) is 4.90 Å². The molecule has 1 heterocycles. The lowest BCUT2D eigenvalue weighted by Gasteiger charge is -2.31. The summed E-state index contributed by atoms with van der Waals surface area (Å²) in [4.78, 5) is 26.2. The molecule has 116 valence electrons. The zero-order valence-corrected chi connectivity index (χ0v) is 13.1. The summed E-state index contributed by atoms with van der Waals surface area (Å²) in [6.07, 6.45) is 1.14. The van der Waals surface area contributed by atoms with E-state index in [0.717, 1.165) is 0 Å². The fourth-order valence-corrected chi connectivity index (χ4v) is 2.32. The van der Waals surface area contributed by atoms with Crippen LogP contribution in [0.25, 0.3) is 0 Å². The maximum absolute atomic E-state index is 12.5. The zero-order valence-electron chi connectivity index (χ0n) is 13.1. The summed E-state index contributed by atoms with van der Waals surface area (Å²) in [5, 5.41) is 2.91. The number of morpholine rings is 1. The van der Waals surface area contributed by atoms with Crippen LogP contribution < -0.4 is 5.32 Å². The number of nitrogens with zero attached hydrogens (tertiary/aromatic N) is 1. The molecule has 0 unspecified atom stereocenters. The molecule has 0 spiro atoms. The predicted molar refractivity (Wildman–Crippen MR) is 78.2 cm³/mol. The van der Waals surface area contributed by atoms with E-state index in [2.05, 4.69) is 19.2 Å². The molecular formula is C15H28N2O3. The van der Waals surface area contributed by atoms with Crippen molar-refractivity contribution in [3.05, 3.63) is 0 Å². The van der Waals surface area contributed by atoms with Crippen LogP contribution in [0.4, 0.5) is 0 Å². The highest BCUT2D eigenvalue weighted by atomic mass is 16.5. The van der Waals surface area contributed by atoms with Gasteiger partial charge in [-0.1, -0.05) is 27.7 Å². The summed E-state index contributed by atoms with van der Waals surface area (Å²) in [6.45, 7) is 10.5. The smallest absolute Gasteiger partial charge is 0.245 e. The lowest BCUT2D eigenvalue weighted by molar-refractivity contribution is -0.140. The Morgan fingerprint density at radius 1 is 1.10 bits per heavy atom. The van der Waals surface area contributed by atoms with Crippen LogP contribution >= 0.6 is 0 Å². The Morgan fingerprint density at radius 2 is 1.70 bits per heavy atom. The van der Waals surface area contributed by atoms with Gasteiger partial charge in [0.2, 0.25) is 11.8 Å². The average molecular weight is 284 g/mol. The molecule has 1 atom stereocenters. The third kappa shape index (κ3) is 5.90. The summed E-state index contributed by atoms with van der Waals surface area (Å²) in [6, 6.07) is -0.403. The third-order valence-electron chi connectivity index (χ3n) is 3.26. The van der Waals surface area contributed by atoms with Gasteiger partial charge in [-0.3, -0.25) is 9.59 Å². The van der Waals surface area contributed by atoms with Crippen LogP contribution in [0.15, 0.2) is 0 Å². The van der Waals surface area contributed by atoms with Crippen molar-refractivity contribution in [1.29, 1.82) is 0 Å². The summed E-state index contributed by atoms with van der Waals surface area (Å²) < 4.78 is 5.26. The number of hydrogen-bond donors (Lipinski definition) is 1. The van der Waals surface area contributed by atoms with Crippen LogP contribution in [0.3, 0.4) is 0 Å². The van der Waals surface area contributed by atoms with E-state index in [1.165, 1.54) is 0 Å². The molecule has 5 heteroatoms. The molecule has 0 radical (unpaired) electrons. The highest BCUT2D eigenvalue weighted by molar-refractivity contribution is 5.87. The molecule has 20 heavy (non-hydrogen) atoms. The Labute approximate surface area is 122 Å².